The fourth-order valence-electron chi connectivity index (χ4n) is 3.63. The van der Waals surface area contributed by atoms with Crippen LogP contribution >= 0.6 is 0 Å². The van der Waals surface area contributed by atoms with Crippen molar-refractivity contribution in [2.75, 3.05) is 14.1 Å². The summed E-state index contributed by atoms with van der Waals surface area (Å²) in [4.78, 5) is 6.38. The van der Waals surface area contributed by atoms with Gasteiger partial charge in [-0.2, -0.15) is 0 Å². The third-order valence-electron chi connectivity index (χ3n) is 4.88. The van der Waals surface area contributed by atoms with Gasteiger partial charge in [-0.3, -0.25) is 4.98 Å². The van der Waals surface area contributed by atoms with Crippen LogP contribution in [0.2, 0.25) is 0 Å². The molecule has 0 radical (unpaired) electrons. The van der Waals surface area contributed by atoms with E-state index >= 15 is 0 Å². The molecule has 1 aliphatic rings. The van der Waals surface area contributed by atoms with Gasteiger partial charge in [-0.25, -0.2) is 0 Å². The molecule has 1 atom stereocenters. The number of hydrogen-bond acceptors (Lipinski definition) is 3. The standard InChI is InChI=1S/C17H22N2O/c1-19(2)17(9-3-4-10-17)16(20)15-7-5-6-13-12-18-11-8-14(13)15/h5-8,11-12,16,20H,3-4,9-10H2,1-2H3. The number of benzene rings is 1. The van der Waals surface area contributed by atoms with Gasteiger partial charge in [0.2, 0.25) is 0 Å². The van der Waals surface area contributed by atoms with Crippen LogP contribution in [0, 0.1) is 0 Å². The molecule has 0 aliphatic heterocycles. The highest BCUT2D eigenvalue weighted by molar-refractivity contribution is 5.85. The van der Waals surface area contributed by atoms with Crippen molar-refractivity contribution in [3.05, 3.63) is 42.2 Å². The number of aromatic nitrogens is 1. The normalized spacial score (nSPS) is 19.6. The van der Waals surface area contributed by atoms with E-state index in [1.807, 2.05) is 18.3 Å². The summed E-state index contributed by atoms with van der Waals surface area (Å²) in [5.41, 5.74) is 0.901. The van der Waals surface area contributed by atoms with Crippen LogP contribution in [-0.4, -0.2) is 34.6 Å². The van der Waals surface area contributed by atoms with Crippen LogP contribution in [0.25, 0.3) is 10.8 Å². The minimum atomic E-state index is -0.453. The Morgan fingerprint density at radius 3 is 2.65 bits per heavy atom. The van der Waals surface area contributed by atoms with E-state index in [-0.39, 0.29) is 5.54 Å². The topological polar surface area (TPSA) is 36.4 Å². The molecule has 1 unspecified atom stereocenters. The van der Waals surface area contributed by atoms with Crippen molar-refractivity contribution in [1.82, 2.24) is 9.88 Å². The predicted molar refractivity (Wildman–Crippen MR) is 81.6 cm³/mol. The molecule has 1 saturated carbocycles. The van der Waals surface area contributed by atoms with Crippen LogP contribution in [0.15, 0.2) is 36.7 Å². The predicted octanol–water partition coefficient (Wildman–Crippen LogP) is 3.14. The van der Waals surface area contributed by atoms with E-state index in [0.717, 1.165) is 29.2 Å². The number of rotatable bonds is 3. The van der Waals surface area contributed by atoms with Gasteiger partial charge in [0.1, 0.15) is 0 Å². The third kappa shape index (κ3) is 2.02. The summed E-state index contributed by atoms with van der Waals surface area (Å²) in [6.45, 7) is 0. The molecule has 0 amide bonds. The van der Waals surface area contributed by atoms with Crippen LogP contribution in [-0.2, 0) is 0 Å². The smallest absolute Gasteiger partial charge is 0.0979 e. The van der Waals surface area contributed by atoms with Crippen LogP contribution in [0.5, 0.6) is 0 Å². The minimum Gasteiger partial charge on any atom is -0.386 e. The van der Waals surface area contributed by atoms with Gasteiger partial charge in [0, 0.05) is 17.8 Å². The molecule has 1 N–H and O–H groups in total. The Hall–Kier alpha value is -1.45. The van der Waals surface area contributed by atoms with E-state index < -0.39 is 6.10 Å². The van der Waals surface area contributed by atoms with Gasteiger partial charge in [0.25, 0.3) is 0 Å². The van der Waals surface area contributed by atoms with E-state index in [2.05, 4.69) is 36.1 Å². The molecule has 3 rings (SSSR count). The fourth-order valence-corrected chi connectivity index (χ4v) is 3.63. The second-order valence-electron chi connectivity index (χ2n) is 6.05. The Bertz CT molecular complexity index is 597. The molecule has 2 aromatic rings. The molecule has 1 fully saturated rings. The average molecular weight is 270 g/mol. The van der Waals surface area contributed by atoms with Crippen molar-refractivity contribution >= 4 is 10.8 Å². The van der Waals surface area contributed by atoms with E-state index in [0.29, 0.717) is 0 Å². The lowest BCUT2D eigenvalue weighted by atomic mass is 9.83. The monoisotopic (exact) mass is 270 g/mol. The van der Waals surface area contributed by atoms with Crippen LogP contribution in [0.4, 0.5) is 0 Å². The summed E-state index contributed by atoms with van der Waals surface area (Å²) in [5.74, 6) is 0. The lowest BCUT2D eigenvalue weighted by Gasteiger charge is -2.41. The maximum atomic E-state index is 11.1. The van der Waals surface area contributed by atoms with E-state index in [4.69, 9.17) is 0 Å². The van der Waals surface area contributed by atoms with Crippen molar-refractivity contribution < 1.29 is 5.11 Å². The number of likely N-dealkylation sites (N-methyl/N-ethyl adjacent to an activating group) is 1. The molecule has 20 heavy (non-hydrogen) atoms. The molecule has 1 aliphatic carbocycles. The molecule has 3 heteroatoms. The first-order valence-corrected chi connectivity index (χ1v) is 7.33. The minimum absolute atomic E-state index is 0.127. The van der Waals surface area contributed by atoms with Crippen molar-refractivity contribution in [3.8, 4) is 0 Å². The second-order valence-corrected chi connectivity index (χ2v) is 6.05. The van der Waals surface area contributed by atoms with E-state index in [1.165, 1.54) is 12.8 Å². The summed E-state index contributed by atoms with van der Waals surface area (Å²) < 4.78 is 0. The number of pyridine rings is 1. The Morgan fingerprint density at radius 2 is 1.95 bits per heavy atom. The van der Waals surface area contributed by atoms with Crippen molar-refractivity contribution in [2.45, 2.75) is 37.3 Å². The van der Waals surface area contributed by atoms with Gasteiger partial charge < -0.3 is 10.0 Å². The second kappa shape index (κ2) is 5.15. The van der Waals surface area contributed by atoms with Crippen molar-refractivity contribution in [1.29, 1.82) is 0 Å². The molecule has 1 aromatic carbocycles. The van der Waals surface area contributed by atoms with Crippen LogP contribution < -0.4 is 0 Å². The number of nitrogens with zero attached hydrogens (tertiary/aromatic N) is 2. The lowest BCUT2D eigenvalue weighted by Crippen LogP contribution is -2.47. The quantitative estimate of drug-likeness (QED) is 0.931. The maximum absolute atomic E-state index is 11.1. The first-order valence-electron chi connectivity index (χ1n) is 7.33. The SMILES string of the molecule is CN(C)C1(C(O)c2cccc3cnccc23)CCCC1. The van der Waals surface area contributed by atoms with E-state index in [1.54, 1.807) is 6.20 Å². The van der Waals surface area contributed by atoms with Gasteiger partial charge in [-0.15, -0.1) is 0 Å². The third-order valence-corrected chi connectivity index (χ3v) is 4.88. The molecule has 0 spiro atoms. The fraction of sp³-hybridized carbons (Fsp3) is 0.471. The largest absolute Gasteiger partial charge is 0.386 e. The van der Waals surface area contributed by atoms with Crippen LogP contribution in [0.3, 0.4) is 0 Å². The van der Waals surface area contributed by atoms with Gasteiger partial charge in [0.15, 0.2) is 0 Å². The molecule has 0 bridgehead atoms. The highest BCUT2D eigenvalue weighted by Crippen LogP contribution is 2.44. The Morgan fingerprint density at radius 1 is 1.20 bits per heavy atom. The van der Waals surface area contributed by atoms with Gasteiger partial charge >= 0.3 is 0 Å². The maximum Gasteiger partial charge on any atom is 0.0979 e. The zero-order valence-corrected chi connectivity index (χ0v) is 12.2. The number of fused-ring (bicyclic) bond motifs is 1. The Kier molecular flexibility index (Phi) is 3.48. The first kappa shape index (κ1) is 13.5. The van der Waals surface area contributed by atoms with Gasteiger partial charge in [-0.1, -0.05) is 31.0 Å². The van der Waals surface area contributed by atoms with Crippen molar-refractivity contribution in [2.24, 2.45) is 0 Å². The number of aliphatic hydroxyl groups is 1. The molecular formula is C17H22N2O. The van der Waals surface area contributed by atoms with Gasteiger partial charge in [0.05, 0.1) is 11.6 Å². The zero-order valence-electron chi connectivity index (χ0n) is 12.2. The van der Waals surface area contributed by atoms with Crippen LogP contribution in [0.1, 0.15) is 37.4 Å². The summed E-state index contributed by atoms with van der Waals surface area (Å²) in [7, 11) is 4.17. The number of aliphatic hydroxyl groups excluding tert-OH is 1. The summed E-state index contributed by atoms with van der Waals surface area (Å²) >= 11 is 0. The summed E-state index contributed by atoms with van der Waals surface area (Å²) in [6, 6.07) is 8.12. The lowest BCUT2D eigenvalue weighted by molar-refractivity contribution is -0.00387. The highest BCUT2D eigenvalue weighted by Gasteiger charge is 2.43. The molecule has 1 heterocycles. The molecule has 106 valence electrons. The van der Waals surface area contributed by atoms with Gasteiger partial charge in [-0.05, 0) is 44.0 Å². The van der Waals surface area contributed by atoms with Crippen molar-refractivity contribution in [3.63, 3.8) is 0 Å². The molecule has 3 nitrogen and oxygen atoms in total. The Balaban J connectivity index is 2.10. The zero-order chi connectivity index (χ0) is 14.2. The molecule has 1 aromatic heterocycles. The molecular weight excluding hydrogens is 248 g/mol. The first-order chi connectivity index (χ1) is 9.65. The summed E-state index contributed by atoms with van der Waals surface area (Å²) in [6.07, 6.45) is 7.72. The highest BCUT2D eigenvalue weighted by atomic mass is 16.3. The molecule has 0 saturated heterocycles. The Labute approximate surface area is 120 Å². The summed E-state index contributed by atoms with van der Waals surface area (Å²) in [5, 5.41) is 13.3. The van der Waals surface area contributed by atoms with E-state index in [9.17, 15) is 5.11 Å². The average Bonchev–Trinajstić information content (AvgIpc) is 2.97. The number of hydrogen-bond donors (Lipinski definition) is 1.